The van der Waals surface area contributed by atoms with E-state index in [9.17, 15) is 9.59 Å². The van der Waals surface area contributed by atoms with Crippen molar-refractivity contribution in [3.8, 4) is 5.75 Å². The number of hydrogen-bond acceptors (Lipinski definition) is 4. The molecule has 0 unspecified atom stereocenters. The van der Waals surface area contributed by atoms with Crippen LogP contribution in [0.15, 0.2) is 30.3 Å². The number of nitrogens with two attached hydrogens (primary N) is 1. The van der Waals surface area contributed by atoms with Gasteiger partial charge in [-0.05, 0) is 31.4 Å². The molecule has 1 aromatic rings. The predicted octanol–water partition coefficient (Wildman–Crippen LogP) is 1.50. The van der Waals surface area contributed by atoms with Gasteiger partial charge in [0.05, 0.1) is 12.5 Å². The van der Waals surface area contributed by atoms with Crippen molar-refractivity contribution >= 4 is 17.4 Å². The number of para-hydroxylation sites is 1. The lowest BCUT2D eigenvalue weighted by Crippen LogP contribution is -2.49. The summed E-state index contributed by atoms with van der Waals surface area (Å²) in [6.07, 6.45) is 2.56. The van der Waals surface area contributed by atoms with Crippen LogP contribution in [-0.2, 0) is 14.3 Å². The number of benzene rings is 1. The van der Waals surface area contributed by atoms with E-state index >= 15 is 0 Å². The Morgan fingerprint density at radius 3 is 2.62 bits per heavy atom. The molecule has 2 rings (SSSR count). The first-order valence-corrected chi connectivity index (χ1v) is 7.96. The van der Waals surface area contributed by atoms with E-state index in [0.29, 0.717) is 31.8 Å². The highest BCUT2D eigenvalue weighted by molar-refractivity contribution is 5.95. The van der Waals surface area contributed by atoms with Crippen molar-refractivity contribution in [2.45, 2.75) is 19.8 Å². The summed E-state index contributed by atoms with van der Waals surface area (Å²) in [7, 11) is 1.59. The summed E-state index contributed by atoms with van der Waals surface area (Å²) in [5, 5.41) is 2.80. The Kier molecular flexibility index (Phi) is 5.98. The van der Waals surface area contributed by atoms with Crippen LogP contribution in [0.25, 0.3) is 5.57 Å². The topological polar surface area (TPSA) is 90.6 Å². The van der Waals surface area contributed by atoms with Crippen LogP contribution in [0.2, 0.25) is 0 Å². The monoisotopic (exact) mass is 332 g/mol. The normalized spacial score (nSPS) is 17.2. The van der Waals surface area contributed by atoms with Crippen molar-refractivity contribution in [1.82, 2.24) is 5.32 Å². The summed E-state index contributed by atoms with van der Waals surface area (Å²) >= 11 is 0. The number of carbonyl (C=O) groups excluding carboxylic acids is 2. The van der Waals surface area contributed by atoms with Gasteiger partial charge in [-0.25, -0.2) is 0 Å². The average Bonchev–Trinajstić information content (AvgIpc) is 2.60. The van der Waals surface area contributed by atoms with E-state index in [2.05, 4.69) is 5.32 Å². The Bertz CT molecular complexity index is 634. The van der Waals surface area contributed by atoms with Crippen molar-refractivity contribution in [1.29, 1.82) is 0 Å². The lowest BCUT2D eigenvalue weighted by atomic mass is 9.79. The van der Waals surface area contributed by atoms with Gasteiger partial charge in [0.15, 0.2) is 0 Å². The summed E-state index contributed by atoms with van der Waals surface area (Å²) < 4.78 is 10.6. The molecule has 24 heavy (non-hydrogen) atoms. The first-order chi connectivity index (χ1) is 11.5. The molecule has 1 fully saturated rings. The standard InChI is InChI=1S/C18H24N2O4/c1-13(14-5-3-4-6-15(14)23-2)11-16(21)20-12-18(17(19)22)7-9-24-10-8-18/h3-6,11H,7-10,12H2,1-2H3,(H2,19,22)(H,20,21)/b13-11-. The van der Waals surface area contributed by atoms with Crippen LogP contribution in [0.1, 0.15) is 25.3 Å². The second-order valence-electron chi connectivity index (χ2n) is 6.00. The molecule has 0 spiro atoms. The zero-order valence-electron chi connectivity index (χ0n) is 14.1. The molecule has 0 aromatic heterocycles. The molecule has 130 valence electrons. The summed E-state index contributed by atoms with van der Waals surface area (Å²) in [6, 6.07) is 7.49. The molecular formula is C18H24N2O4. The van der Waals surface area contributed by atoms with Gasteiger partial charge in [0.2, 0.25) is 11.8 Å². The second-order valence-corrected chi connectivity index (χ2v) is 6.00. The van der Waals surface area contributed by atoms with E-state index in [-0.39, 0.29) is 12.5 Å². The van der Waals surface area contributed by atoms with Crippen molar-refractivity contribution < 1.29 is 19.1 Å². The fourth-order valence-corrected chi connectivity index (χ4v) is 2.82. The zero-order chi connectivity index (χ0) is 17.6. The molecule has 0 radical (unpaired) electrons. The van der Waals surface area contributed by atoms with Gasteiger partial charge >= 0.3 is 0 Å². The van der Waals surface area contributed by atoms with E-state index < -0.39 is 11.3 Å². The SMILES string of the molecule is COc1ccccc1/C(C)=C\C(=O)NCC1(C(N)=O)CCOCC1. The fourth-order valence-electron chi connectivity index (χ4n) is 2.82. The van der Waals surface area contributed by atoms with Crippen molar-refractivity contribution in [3.05, 3.63) is 35.9 Å². The number of carbonyl (C=O) groups is 2. The Labute approximate surface area is 142 Å². The molecule has 0 bridgehead atoms. The minimum Gasteiger partial charge on any atom is -0.496 e. The maximum Gasteiger partial charge on any atom is 0.244 e. The van der Waals surface area contributed by atoms with E-state index in [1.54, 1.807) is 7.11 Å². The lowest BCUT2D eigenvalue weighted by molar-refractivity contribution is -0.133. The molecule has 6 heteroatoms. The van der Waals surface area contributed by atoms with Gasteiger partial charge in [0.1, 0.15) is 5.75 Å². The largest absolute Gasteiger partial charge is 0.496 e. The molecule has 2 amide bonds. The van der Waals surface area contributed by atoms with Gasteiger partial charge in [-0.1, -0.05) is 18.2 Å². The quantitative estimate of drug-likeness (QED) is 0.772. The predicted molar refractivity (Wildman–Crippen MR) is 91.3 cm³/mol. The molecule has 1 saturated heterocycles. The van der Waals surface area contributed by atoms with Gasteiger partial charge in [-0.2, -0.15) is 0 Å². The summed E-state index contributed by atoms with van der Waals surface area (Å²) in [5.41, 5.74) is 6.45. The van der Waals surface area contributed by atoms with E-state index in [1.165, 1.54) is 6.08 Å². The third kappa shape index (κ3) is 4.14. The highest BCUT2D eigenvalue weighted by Crippen LogP contribution is 2.29. The van der Waals surface area contributed by atoms with Gasteiger partial charge in [0, 0.05) is 31.4 Å². The highest BCUT2D eigenvalue weighted by atomic mass is 16.5. The maximum absolute atomic E-state index is 12.2. The lowest BCUT2D eigenvalue weighted by Gasteiger charge is -2.34. The molecule has 0 atom stereocenters. The minimum atomic E-state index is -0.722. The first-order valence-electron chi connectivity index (χ1n) is 7.96. The number of methoxy groups -OCH3 is 1. The Morgan fingerprint density at radius 2 is 2.00 bits per heavy atom. The highest BCUT2D eigenvalue weighted by Gasteiger charge is 2.38. The number of nitrogens with one attached hydrogen (secondary N) is 1. The van der Waals surface area contributed by atoms with Crippen LogP contribution >= 0.6 is 0 Å². The second kappa shape index (κ2) is 7.97. The third-order valence-electron chi connectivity index (χ3n) is 4.45. The van der Waals surface area contributed by atoms with Gasteiger partial charge in [-0.15, -0.1) is 0 Å². The maximum atomic E-state index is 12.2. The van der Waals surface area contributed by atoms with E-state index in [1.807, 2.05) is 31.2 Å². The van der Waals surface area contributed by atoms with Crippen LogP contribution in [0.3, 0.4) is 0 Å². The minimum absolute atomic E-state index is 0.222. The van der Waals surface area contributed by atoms with Crippen LogP contribution in [0.5, 0.6) is 5.75 Å². The van der Waals surface area contributed by atoms with Crippen molar-refractivity contribution in [2.75, 3.05) is 26.9 Å². The molecule has 1 aliphatic rings. The summed E-state index contributed by atoms with van der Waals surface area (Å²) in [4.78, 5) is 24.0. The molecule has 1 aromatic carbocycles. The number of hydrogen-bond donors (Lipinski definition) is 2. The average molecular weight is 332 g/mol. The first kappa shape index (κ1) is 18.0. The molecule has 0 saturated carbocycles. The van der Waals surface area contributed by atoms with Crippen LogP contribution in [-0.4, -0.2) is 38.7 Å². The smallest absolute Gasteiger partial charge is 0.244 e. The van der Waals surface area contributed by atoms with Crippen molar-refractivity contribution in [3.63, 3.8) is 0 Å². The van der Waals surface area contributed by atoms with Gasteiger partial charge in [0.25, 0.3) is 0 Å². The van der Waals surface area contributed by atoms with Crippen LogP contribution in [0.4, 0.5) is 0 Å². The number of amides is 2. The number of allylic oxidation sites excluding steroid dienone is 1. The third-order valence-corrected chi connectivity index (χ3v) is 4.45. The summed E-state index contributed by atoms with van der Waals surface area (Å²) in [6.45, 7) is 3.03. The van der Waals surface area contributed by atoms with E-state index in [0.717, 1.165) is 11.1 Å². The van der Waals surface area contributed by atoms with Crippen LogP contribution in [0, 0.1) is 5.41 Å². The molecule has 1 aliphatic heterocycles. The Balaban J connectivity index is 2.05. The fraction of sp³-hybridized carbons (Fsp3) is 0.444. The van der Waals surface area contributed by atoms with Gasteiger partial charge in [-0.3, -0.25) is 9.59 Å². The molecule has 1 heterocycles. The Hall–Kier alpha value is -2.34. The Morgan fingerprint density at radius 1 is 1.33 bits per heavy atom. The number of rotatable bonds is 6. The molecule has 6 nitrogen and oxygen atoms in total. The van der Waals surface area contributed by atoms with Crippen LogP contribution < -0.4 is 15.8 Å². The van der Waals surface area contributed by atoms with Crippen molar-refractivity contribution in [2.24, 2.45) is 11.1 Å². The summed E-state index contributed by atoms with van der Waals surface area (Å²) in [5.74, 6) is 0.0548. The number of ether oxygens (including phenoxy) is 2. The molecule has 0 aliphatic carbocycles. The van der Waals surface area contributed by atoms with E-state index in [4.69, 9.17) is 15.2 Å². The molecule has 3 N–H and O–H groups in total. The zero-order valence-corrected chi connectivity index (χ0v) is 14.1. The molecular weight excluding hydrogens is 308 g/mol. The number of primary amides is 1. The van der Waals surface area contributed by atoms with Gasteiger partial charge < -0.3 is 20.5 Å².